The fourth-order valence-corrected chi connectivity index (χ4v) is 2.96. The number of carbonyl (C=O) groups is 3. The topological polar surface area (TPSA) is 97.4 Å². The third-order valence-corrected chi connectivity index (χ3v) is 5.18. The highest BCUT2D eigenvalue weighted by Gasteiger charge is 2.32. The summed E-state index contributed by atoms with van der Waals surface area (Å²) in [4.78, 5) is 37.6. The summed E-state index contributed by atoms with van der Waals surface area (Å²) in [6.45, 7) is 10.4. The third kappa shape index (κ3) is 8.10. The van der Waals surface area contributed by atoms with Crippen LogP contribution in [0.2, 0.25) is 0 Å². The molecule has 0 aliphatic heterocycles. The van der Waals surface area contributed by atoms with Gasteiger partial charge in [-0.1, -0.05) is 6.07 Å². The van der Waals surface area contributed by atoms with Crippen molar-refractivity contribution in [1.29, 1.82) is 0 Å². The number of allylic oxidation sites excluding steroid dienone is 1. The van der Waals surface area contributed by atoms with Crippen molar-refractivity contribution >= 4 is 23.8 Å². The lowest BCUT2D eigenvalue weighted by Gasteiger charge is -2.25. The number of ether oxygens (including phenoxy) is 5. The number of rotatable bonds is 9. The molecule has 0 saturated carbocycles. The standard InChI is InChI=1S/C29H36O8/c1-18-10-17-23(33-8)21(24(18)34-9)15-16-22(30)19-11-13-20(14-12-19)35-27(36-25(31)28(2,3)4)37-26(32)29(5,6)7/h10-17,27H,1-9H3. The third-order valence-electron chi connectivity index (χ3n) is 5.18. The molecular formula is C29H36O8. The van der Waals surface area contributed by atoms with Crippen molar-refractivity contribution in [3.05, 3.63) is 59.2 Å². The summed E-state index contributed by atoms with van der Waals surface area (Å²) < 4.78 is 27.1. The second-order valence-electron chi connectivity index (χ2n) is 10.5. The van der Waals surface area contributed by atoms with Crippen molar-refractivity contribution in [3.63, 3.8) is 0 Å². The van der Waals surface area contributed by atoms with Crippen molar-refractivity contribution in [3.8, 4) is 17.2 Å². The van der Waals surface area contributed by atoms with E-state index in [9.17, 15) is 14.4 Å². The van der Waals surface area contributed by atoms with Crippen molar-refractivity contribution in [2.45, 2.75) is 54.9 Å². The fraction of sp³-hybridized carbons (Fsp3) is 0.414. The summed E-state index contributed by atoms with van der Waals surface area (Å²) in [5, 5.41) is 0. The fourth-order valence-electron chi connectivity index (χ4n) is 2.96. The summed E-state index contributed by atoms with van der Waals surface area (Å²) in [6, 6.07) is 9.85. The van der Waals surface area contributed by atoms with Gasteiger partial charge in [-0.3, -0.25) is 14.4 Å². The number of carbonyl (C=O) groups excluding carboxylic acids is 3. The molecule has 0 N–H and O–H groups in total. The lowest BCUT2D eigenvalue weighted by atomic mass is 9.97. The lowest BCUT2D eigenvalue weighted by molar-refractivity contribution is -0.244. The van der Waals surface area contributed by atoms with Gasteiger partial charge in [-0.15, -0.1) is 0 Å². The van der Waals surface area contributed by atoms with Crippen LogP contribution in [0.3, 0.4) is 0 Å². The quantitative estimate of drug-likeness (QED) is 0.181. The van der Waals surface area contributed by atoms with Gasteiger partial charge in [0.1, 0.15) is 17.2 Å². The molecule has 2 rings (SSSR count). The van der Waals surface area contributed by atoms with Crippen LogP contribution in [0.15, 0.2) is 42.5 Å². The Morgan fingerprint density at radius 3 is 1.78 bits per heavy atom. The van der Waals surface area contributed by atoms with Crippen LogP contribution in [0.25, 0.3) is 6.08 Å². The number of hydrogen-bond donors (Lipinski definition) is 0. The number of benzene rings is 2. The van der Waals surface area contributed by atoms with Gasteiger partial charge in [0.2, 0.25) is 0 Å². The predicted octanol–water partition coefficient (Wildman–Crippen LogP) is 5.75. The van der Waals surface area contributed by atoms with E-state index < -0.39 is 29.2 Å². The Morgan fingerprint density at radius 1 is 0.784 bits per heavy atom. The molecule has 0 bridgehead atoms. The van der Waals surface area contributed by atoms with Crippen molar-refractivity contribution < 1.29 is 38.1 Å². The first kappa shape index (κ1) is 29.4. The van der Waals surface area contributed by atoms with Crippen molar-refractivity contribution in [2.75, 3.05) is 14.2 Å². The Kier molecular flexibility index (Phi) is 9.50. The zero-order valence-corrected chi connectivity index (χ0v) is 23.0. The van der Waals surface area contributed by atoms with E-state index in [1.54, 1.807) is 74.0 Å². The van der Waals surface area contributed by atoms with Crippen LogP contribution in [-0.2, 0) is 19.1 Å². The molecule has 37 heavy (non-hydrogen) atoms. The lowest BCUT2D eigenvalue weighted by Crippen LogP contribution is -2.37. The van der Waals surface area contributed by atoms with E-state index in [-0.39, 0.29) is 11.5 Å². The van der Waals surface area contributed by atoms with Crippen LogP contribution >= 0.6 is 0 Å². The highest BCUT2D eigenvalue weighted by Crippen LogP contribution is 2.33. The molecule has 2 aromatic carbocycles. The molecule has 0 spiro atoms. The second-order valence-corrected chi connectivity index (χ2v) is 10.5. The van der Waals surface area contributed by atoms with Gasteiger partial charge in [-0.05, 0) is 96.5 Å². The van der Waals surface area contributed by atoms with Crippen LogP contribution in [0.1, 0.15) is 63.0 Å². The molecule has 0 radical (unpaired) electrons. The second kappa shape index (κ2) is 12.0. The van der Waals surface area contributed by atoms with Gasteiger partial charge in [0, 0.05) is 5.56 Å². The Labute approximate surface area is 218 Å². The minimum atomic E-state index is -1.58. The molecule has 8 heteroatoms. The monoisotopic (exact) mass is 512 g/mol. The minimum absolute atomic E-state index is 0.246. The molecule has 0 aliphatic carbocycles. The average Bonchev–Trinajstić information content (AvgIpc) is 2.81. The highest BCUT2D eigenvalue weighted by atomic mass is 16.9. The molecule has 200 valence electrons. The van der Waals surface area contributed by atoms with Crippen molar-refractivity contribution in [1.82, 2.24) is 0 Å². The van der Waals surface area contributed by atoms with Gasteiger partial charge < -0.3 is 23.7 Å². The van der Waals surface area contributed by atoms with Crippen LogP contribution in [0.5, 0.6) is 17.2 Å². The Hall–Kier alpha value is -3.81. The first-order chi connectivity index (χ1) is 17.2. The maximum Gasteiger partial charge on any atom is 0.410 e. The first-order valence-electron chi connectivity index (χ1n) is 11.8. The van der Waals surface area contributed by atoms with Crippen LogP contribution in [-0.4, -0.2) is 38.4 Å². The van der Waals surface area contributed by atoms with Gasteiger partial charge in [-0.25, -0.2) is 0 Å². The number of aryl methyl sites for hydroxylation is 1. The van der Waals surface area contributed by atoms with E-state index >= 15 is 0 Å². The van der Waals surface area contributed by atoms with E-state index in [1.165, 1.54) is 18.2 Å². The highest BCUT2D eigenvalue weighted by molar-refractivity contribution is 6.07. The first-order valence-corrected chi connectivity index (χ1v) is 11.8. The van der Waals surface area contributed by atoms with E-state index in [0.29, 0.717) is 22.6 Å². The minimum Gasteiger partial charge on any atom is -0.496 e. The molecule has 0 fully saturated rings. The molecular weight excluding hydrogens is 476 g/mol. The van der Waals surface area contributed by atoms with E-state index in [4.69, 9.17) is 23.7 Å². The summed E-state index contributed by atoms with van der Waals surface area (Å²) in [7, 11) is 3.11. The zero-order chi connectivity index (χ0) is 28.0. The van der Waals surface area contributed by atoms with E-state index in [1.807, 2.05) is 19.1 Å². The van der Waals surface area contributed by atoms with Crippen LogP contribution in [0.4, 0.5) is 0 Å². The number of hydrogen-bond acceptors (Lipinski definition) is 8. The molecule has 0 aromatic heterocycles. The summed E-state index contributed by atoms with van der Waals surface area (Å²) >= 11 is 0. The normalized spacial score (nSPS) is 11.8. The summed E-state index contributed by atoms with van der Waals surface area (Å²) in [6.07, 6.45) is 3.07. The number of methoxy groups -OCH3 is 2. The number of ketones is 1. The molecule has 0 saturated heterocycles. The van der Waals surface area contributed by atoms with Crippen molar-refractivity contribution in [2.24, 2.45) is 10.8 Å². The van der Waals surface area contributed by atoms with Crippen LogP contribution < -0.4 is 14.2 Å². The molecule has 2 aromatic rings. The molecule has 8 nitrogen and oxygen atoms in total. The zero-order valence-electron chi connectivity index (χ0n) is 23.0. The SMILES string of the molecule is COc1ccc(C)c(OC)c1C=CC(=O)c1ccc(OC(OC(=O)C(C)(C)C)OC(=O)C(C)(C)C)cc1. The van der Waals surface area contributed by atoms with Gasteiger partial charge in [-0.2, -0.15) is 0 Å². The molecule has 0 aliphatic rings. The maximum absolute atomic E-state index is 12.8. The summed E-state index contributed by atoms with van der Waals surface area (Å²) in [5.41, 5.74) is 0.291. The van der Waals surface area contributed by atoms with Gasteiger partial charge >= 0.3 is 18.4 Å². The molecule has 0 unspecified atom stereocenters. The van der Waals surface area contributed by atoms with Gasteiger partial charge in [0.15, 0.2) is 5.78 Å². The summed E-state index contributed by atoms with van der Waals surface area (Å²) in [5.74, 6) is -0.0111. The Morgan fingerprint density at radius 2 is 1.32 bits per heavy atom. The smallest absolute Gasteiger partial charge is 0.410 e. The Balaban J connectivity index is 2.22. The maximum atomic E-state index is 12.8. The van der Waals surface area contributed by atoms with Gasteiger partial charge in [0.25, 0.3) is 0 Å². The van der Waals surface area contributed by atoms with Gasteiger partial charge in [0.05, 0.1) is 30.6 Å². The molecule has 0 amide bonds. The average molecular weight is 513 g/mol. The molecule has 0 atom stereocenters. The number of esters is 2. The van der Waals surface area contributed by atoms with Crippen LogP contribution in [0, 0.1) is 17.8 Å². The largest absolute Gasteiger partial charge is 0.496 e. The van der Waals surface area contributed by atoms with E-state index in [0.717, 1.165) is 5.56 Å². The molecule has 0 heterocycles. The Bertz CT molecular complexity index is 1120. The predicted molar refractivity (Wildman–Crippen MR) is 140 cm³/mol. The van der Waals surface area contributed by atoms with E-state index in [2.05, 4.69) is 0 Å².